The van der Waals surface area contributed by atoms with Gasteiger partial charge in [0.1, 0.15) is 11.6 Å². The van der Waals surface area contributed by atoms with E-state index >= 15 is 0 Å². The van der Waals surface area contributed by atoms with Gasteiger partial charge in [-0.2, -0.15) is 5.10 Å². The van der Waals surface area contributed by atoms with E-state index in [1.54, 1.807) is 31.6 Å². The number of hydrogen-bond acceptors (Lipinski definition) is 5. The zero-order valence-corrected chi connectivity index (χ0v) is 17.3. The summed E-state index contributed by atoms with van der Waals surface area (Å²) in [5.41, 5.74) is 3.94. The predicted molar refractivity (Wildman–Crippen MR) is 119 cm³/mol. The first kappa shape index (κ1) is 19.8. The van der Waals surface area contributed by atoms with Crippen LogP contribution in [0.2, 0.25) is 0 Å². The molecule has 1 amide bonds. The number of aromatic nitrogens is 2. The van der Waals surface area contributed by atoms with E-state index in [4.69, 9.17) is 4.74 Å². The van der Waals surface area contributed by atoms with E-state index in [0.717, 1.165) is 33.6 Å². The van der Waals surface area contributed by atoms with E-state index in [-0.39, 0.29) is 5.56 Å². The largest absolute Gasteiger partial charge is 0.497 e. The van der Waals surface area contributed by atoms with E-state index < -0.39 is 17.8 Å². The van der Waals surface area contributed by atoms with Gasteiger partial charge in [0.25, 0.3) is 5.91 Å². The van der Waals surface area contributed by atoms with Crippen LogP contribution in [-0.4, -0.2) is 33.7 Å². The first-order valence-electron chi connectivity index (χ1n) is 10.1. The maximum Gasteiger partial charge on any atom is 0.277 e. The summed E-state index contributed by atoms with van der Waals surface area (Å²) in [6, 6.07) is 18.7. The monoisotopic (exact) mass is 426 g/mol. The van der Waals surface area contributed by atoms with Crippen molar-refractivity contribution in [1.82, 2.24) is 15.0 Å². The normalized spacial score (nSPS) is 15.6. The number of carbonyl (C=O) groups excluding carboxylic acids is 1. The summed E-state index contributed by atoms with van der Waals surface area (Å²) >= 11 is 0. The van der Waals surface area contributed by atoms with Crippen LogP contribution in [0.25, 0.3) is 11.0 Å². The molecule has 0 N–H and O–H groups in total. The van der Waals surface area contributed by atoms with Crippen molar-refractivity contribution in [2.75, 3.05) is 7.11 Å². The number of ether oxygens (including phenoxy) is 1. The predicted octanol–water partition coefficient (Wildman–Crippen LogP) is 4.77. The minimum Gasteiger partial charge on any atom is -0.497 e. The molecule has 158 valence electrons. The molecule has 0 fully saturated rings. The van der Waals surface area contributed by atoms with Crippen molar-refractivity contribution < 1.29 is 13.9 Å². The maximum absolute atomic E-state index is 14.4. The van der Waals surface area contributed by atoms with Crippen LogP contribution in [0.15, 0.2) is 84.2 Å². The standard InChI is InChI=1S/C25H19FN4O2/c1-32-18-9-6-16(7-10-18)22-15-24(17-8-11-21-23(14-17)28-13-12-27-21)30(29-22)25(31)19-4-2-3-5-20(19)26/h2-14,24H,15H2,1H3. The third-order valence-electron chi connectivity index (χ3n) is 5.52. The lowest BCUT2D eigenvalue weighted by atomic mass is 9.97. The Morgan fingerprint density at radius 2 is 1.75 bits per heavy atom. The van der Waals surface area contributed by atoms with Crippen LogP contribution in [0, 0.1) is 5.82 Å². The average Bonchev–Trinajstić information content (AvgIpc) is 3.29. The fourth-order valence-corrected chi connectivity index (χ4v) is 3.86. The van der Waals surface area contributed by atoms with E-state index in [2.05, 4.69) is 15.1 Å². The molecule has 1 atom stereocenters. The van der Waals surface area contributed by atoms with Gasteiger partial charge in [0, 0.05) is 18.8 Å². The molecule has 3 aromatic carbocycles. The number of carbonyl (C=O) groups is 1. The molecule has 32 heavy (non-hydrogen) atoms. The molecule has 1 aromatic heterocycles. The van der Waals surface area contributed by atoms with Crippen LogP contribution in [0.3, 0.4) is 0 Å². The zero-order valence-electron chi connectivity index (χ0n) is 17.3. The van der Waals surface area contributed by atoms with Gasteiger partial charge in [-0.3, -0.25) is 14.8 Å². The lowest BCUT2D eigenvalue weighted by Crippen LogP contribution is -2.27. The number of nitrogens with zero attached hydrogens (tertiary/aromatic N) is 4. The Balaban J connectivity index is 1.57. The molecule has 1 aliphatic rings. The summed E-state index contributed by atoms with van der Waals surface area (Å²) in [6.45, 7) is 0. The Morgan fingerprint density at radius 3 is 2.50 bits per heavy atom. The lowest BCUT2D eigenvalue weighted by Gasteiger charge is -2.22. The molecule has 0 saturated heterocycles. The average molecular weight is 426 g/mol. The molecule has 0 bridgehead atoms. The molecule has 2 heterocycles. The fourth-order valence-electron chi connectivity index (χ4n) is 3.86. The summed E-state index contributed by atoms with van der Waals surface area (Å²) in [7, 11) is 1.61. The van der Waals surface area contributed by atoms with Gasteiger partial charge in [0.15, 0.2) is 0 Å². The molecule has 0 saturated carbocycles. The highest BCUT2D eigenvalue weighted by Crippen LogP contribution is 2.35. The van der Waals surface area contributed by atoms with Gasteiger partial charge in [-0.15, -0.1) is 0 Å². The Hall–Kier alpha value is -4.13. The fraction of sp³-hybridized carbons (Fsp3) is 0.120. The van der Waals surface area contributed by atoms with Gasteiger partial charge in [-0.05, 0) is 59.7 Å². The van der Waals surface area contributed by atoms with Gasteiger partial charge in [-0.1, -0.05) is 18.2 Å². The number of fused-ring (bicyclic) bond motifs is 1. The summed E-state index contributed by atoms with van der Waals surface area (Å²) in [4.78, 5) is 22.0. The summed E-state index contributed by atoms with van der Waals surface area (Å²) in [6.07, 6.45) is 3.75. The maximum atomic E-state index is 14.4. The first-order valence-corrected chi connectivity index (χ1v) is 10.1. The molecular formula is C25H19FN4O2. The van der Waals surface area contributed by atoms with Crippen molar-refractivity contribution in [2.45, 2.75) is 12.5 Å². The number of halogens is 1. The third-order valence-corrected chi connectivity index (χ3v) is 5.52. The molecule has 5 rings (SSSR count). The quantitative estimate of drug-likeness (QED) is 0.472. The second kappa shape index (κ2) is 8.19. The van der Waals surface area contributed by atoms with Gasteiger partial charge in [0.2, 0.25) is 0 Å². The number of amides is 1. The van der Waals surface area contributed by atoms with Crippen LogP contribution < -0.4 is 4.74 Å². The molecular weight excluding hydrogens is 407 g/mol. The van der Waals surface area contributed by atoms with Gasteiger partial charge in [0.05, 0.1) is 35.5 Å². The topological polar surface area (TPSA) is 67.7 Å². The number of benzene rings is 3. The number of hydrazone groups is 1. The summed E-state index contributed by atoms with van der Waals surface area (Å²) < 4.78 is 19.6. The SMILES string of the molecule is COc1ccc(C2=NN(C(=O)c3ccccc3F)C(c3ccc4nccnc4c3)C2)cc1. The van der Waals surface area contributed by atoms with Crippen molar-refractivity contribution in [1.29, 1.82) is 0 Å². The van der Waals surface area contributed by atoms with Gasteiger partial charge >= 0.3 is 0 Å². The van der Waals surface area contributed by atoms with E-state index in [9.17, 15) is 9.18 Å². The van der Waals surface area contributed by atoms with E-state index in [1.807, 2.05) is 42.5 Å². The Kier molecular flexibility index (Phi) is 5.07. The Bertz CT molecular complexity index is 1340. The van der Waals surface area contributed by atoms with Crippen LogP contribution in [0.4, 0.5) is 4.39 Å². The zero-order chi connectivity index (χ0) is 22.1. The van der Waals surface area contributed by atoms with Crippen LogP contribution in [0.5, 0.6) is 5.75 Å². The van der Waals surface area contributed by atoms with Crippen molar-refractivity contribution >= 4 is 22.7 Å². The third kappa shape index (κ3) is 3.58. The molecule has 0 aliphatic carbocycles. The number of rotatable bonds is 4. The van der Waals surface area contributed by atoms with Crippen molar-refractivity contribution in [3.8, 4) is 5.75 Å². The van der Waals surface area contributed by atoms with E-state index in [1.165, 1.54) is 17.1 Å². The summed E-state index contributed by atoms with van der Waals surface area (Å²) in [5, 5.41) is 6.00. The van der Waals surface area contributed by atoms with Crippen molar-refractivity contribution in [3.05, 3.63) is 102 Å². The van der Waals surface area contributed by atoms with E-state index in [0.29, 0.717) is 6.42 Å². The van der Waals surface area contributed by atoms with Crippen LogP contribution in [0.1, 0.15) is 33.9 Å². The Labute approximate surface area is 184 Å². The minimum atomic E-state index is -0.575. The van der Waals surface area contributed by atoms with Crippen LogP contribution >= 0.6 is 0 Å². The minimum absolute atomic E-state index is 0.0159. The smallest absolute Gasteiger partial charge is 0.277 e. The second-order valence-electron chi connectivity index (χ2n) is 7.43. The Morgan fingerprint density at radius 1 is 1.00 bits per heavy atom. The van der Waals surface area contributed by atoms with Gasteiger partial charge < -0.3 is 4.74 Å². The van der Waals surface area contributed by atoms with Crippen molar-refractivity contribution in [3.63, 3.8) is 0 Å². The first-order chi connectivity index (χ1) is 15.6. The summed E-state index contributed by atoms with van der Waals surface area (Å²) in [5.74, 6) is -0.333. The second-order valence-corrected chi connectivity index (χ2v) is 7.43. The van der Waals surface area contributed by atoms with Crippen molar-refractivity contribution in [2.24, 2.45) is 5.10 Å². The highest BCUT2D eigenvalue weighted by atomic mass is 19.1. The number of hydrogen-bond donors (Lipinski definition) is 0. The number of methoxy groups -OCH3 is 1. The van der Waals surface area contributed by atoms with Gasteiger partial charge in [-0.25, -0.2) is 9.40 Å². The molecule has 0 radical (unpaired) electrons. The highest BCUT2D eigenvalue weighted by Gasteiger charge is 2.34. The molecule has 6 nitrogen and oxygen atoms in total. The molecule has 4 aromatic rings. The molecule has 7 heteroatoms. The molecule has 0 spiro atoms. The highest BCUT2D eigenvalue weighted by molar-refractivity contribution is 6.05. The van der Waals surface area contributed by atoms with Crippen LogP contribution in [-0.2, 0) is 0 Å². The lowest BCUT2D eigenvalue weighted by molar-refractivity contribution is 0.0706. The molecule has 1 unspecified atom stereocenters. The molecule has 1 aliphatic heterocycles.